The molecular weight excluding hydrogens is 274 g/mol. The second-order valence-electron chi connectivity index (χ2n) is 3.39. The molecule has 0 saturated heterocycles. The summed E-state index contributed by atoms with van der Waals surface area (Å²) in [6.45, 7) is 0.347. The number of aromatic nitrogens is 1. The molecule has 94 valence electrons. The Labute approximate surface area is 113 Å². The Bertz CT molecular complexity index is 556. The average Bonchev–Trinajstić information content (AvgIpc) is 2.77. The van der Waals surface area contributed by atoms with Crippen LogP contribution in [0.5, 0.6) is 10.9 Å². The summed E-state index contributed by atoms with van der Waals surface area (Å²) < 4.78 is 10.6. The van der Waals surface area contributed by atoms with Crippen LogP contribution < -0.4 is 9.47 Å². The highest BCUT2D eigenvalue weighted by Crippen LogP contribution is 2.27. The van der Waals surface area contributed by atoms with Gasteiger partial charge in [-0.2, -0.15) is 4.98 Å². The van der Waals surface area contributed by atoms with E-state index in [2.05, 4.69) is 4.98 Å². The van der Waals surface area contributed by atoms with Gasteiger partial charge in [0.1, 0.15) is 17.2 Å². The maximum atomic E-state index is 10.6. The molecule has 0 bridgehead atoms. The normalized spacial score (nSPS) is 10.1. The van der Waals surface area contributed by atoms with Gasteiger partial charge in [0.15, 0.2) is 11.4 Å². The molecule has 1 aromatic carbocycles. The first-order chi connectivity index (χ1) is 8.72. The highest BCUT2D eigenvalue weighted by Gasteiger charge is 2.09. The second kappa shape index (κ2) is 5.84. The molecule has 18 heavy (non-hydrogen) atoms. The molecule has 0 aliphatic rings. The number of hydrogen-bond acceptors (Lipinski definition) is 5. The molecule has 0 aliphatic heterocycles. The van der Waals surface area contributed by atoms with E-state index < -0.39 is 0 Å². The van der Waals surface area contributed by atoms with Crippen molar-refractivity contribution in [1.29, 1.82) is 0 Å². The van der Waals surface area contributed by atoms with Gasteiger partial charge in [0.05, 0.1) is 7.11 Å². The van der Waals surface area contributed by atoms with Crippen molar-refractivity contribution in [2.24, 2.45) is 0 Å². The Kier molecular flexibility index (Phi) is 4.17. The minimum atomic E-state index is 0.177. The van der Waals surface area contributed by atoms with Gasteiger partial charge in [-0.05, 0) is 17.7 Å². The third kappa shape index (κ3) is 3.00. The van der Waals surface area contributed by atoms with Crippen LogP contribution in [0.3, 0.4) is 0 Å². The van der Waals surface area contributed by atoms with Gasteiger partial charge in [-0.15, -0.1) is 0 Å². The predicted octanol–water partition coefficient (Wildman–Crippen LogP) is 3.20. The van der Waals surface area contributed by atoms with Crippen molar-refractivity contribution >= 4 is 29.2 Å². The maximum Gasteiger partial charge on any atom is 0.275 e. The third-order valence-corrected chi connectivity index (χ3v) is 3.49. The predicted molar refractivity (Wildman–Crippen MR) is 69.8 cm³/mol. The van der Waals surface area contributed by atoms with Gasteiger partial charge >= 0.3 is 0 Å². The summed E-state index contributed by atoms with van der Waals surface area (Å²) in [6.07, 6.45) is 0.665. The Morgan fingerprint density at radius 1 is 1.50 bits per heavy atom. The number of carbonyl (C=O) groups is 1. The molecule has 0 fully saturated rings. The molecule has 1 aromatic heterocycles. The van der Waals surface area contributed by atoms with Gasteiger partial charge in [0, 0.05) is 0 Å². The van der Waals surface area contributed by atoms with E-state index in [-0.39, 0.29) is 5.15 Å². The molecule has 1 heterocycles. The lowest BCUT2D eigenvalue weighted by molar-refractivity contribution is 0.112. The Morgan fingerprint density at radius 3 is 3.00 bits per heavy atom. The number of ether oxygens (including phenoxy) is 2. The Balaban J connectivity index is 2.03. The summed E-state index contributed by atoms with van der Waals surface area (Å²) in [5.74, 6) is 0.766. The van der Waals surface area contributed by atoms with E-state index in [1.807, 2.05) is 24.3 Å². The van der Waals surface area contributed by atoms with Gasteiger partial charge in [-0.25, -0.2) is 0 Å². The fraction of sp³-hybridized carbons (Fsp3) is 0.167. The quantitative estimate of drug-likeness (QED) is 0.791. The SMILES string of the molecule is COc1cccc(COc2nc(Cl)c(C=O)s2)c1. The molecule has 0 spiro atoms. The second-order valence-corrected chi connectivity index (χ2v) is 4.74. The first kappa shape index (κ1) is 12.9. The molecule has 0 aliphatic carbocycles. The van der Waals surface area contributed by atoms with Crippen LogP contribution in [0.2, 0.25) is 5.15 Å². The topological polar surface area (TPSA) is 48.4 Å². The van der Waals surface area contributed by atoms with Crippen molar-refractivity contribution in [1.82, 2.24) is 4.98 Å². The molecule has 0 atom stereocenters. The summed E-state index contributed by atoms with van der Waals surface area (Å²) >= 11 is 6.87. The van der Waals surface area contributed by atoms with E-state index in [1.54, 1.807) is 7.11 Å². The van der Waals surface area contributed by atoms with Gasteiger partial charge < -0.3 is 9.47 Å². The van der Waals surface area contributed by atoms with Crippen molar-refractivity contribution < 1.29 is 14.3 Å². The van der Waals surface area contributed by atoms with Crippen molar-refractivity contribution in [2.75, 3.05) is 7.11 Å². The number of benzene rings is 1. The Hall–Kier alpha value is -1.59. The number of hydrogen-bond donors (Lipinski definition) is 0. The van der Waals surface area contributed by atoms with Crippen LogP contribution in [0.25, 0.3) is 0 Å². The summed E-state index contributed by atoms with van der Waals surface area (Å²) in [5.41, 5.74) is 0.952. The molecular formula is C12H10ClNO3S. The standard InChI is InChI=1S/C12H10ClNO3S/c1-16-9-4-2-3-8(5-9)7-17-12-14-11(13)10(6-15)18-12/h2-6H,7H2,1H3. The minimum absolute atomic E-state index is 0.177. The van der Waals surface area contributed by atoms with E-state index in [9.17, 15) is 4.79 Å². The van der Waals surface area contributed by atoms with Crippen LogP contribution >= 0.6 is 22.9 Å². The van der Waals surface area contributed by atoms with Crippen LogP contribution in [0.1, 0.15) is 15.2 Å². The van der Waals surface area contributed by atoms with Crippen molar-refractivity contribution in [3.8, 4) is 10.9 Å². The van der Waals surface area contributed by atoms with Crippen LogP contribution in [0.15, 0.2) is 24.3 Å². The van der Waals surface area contributed by atoms with E-state index in [0.29, 0.717) is 23.0 Å². The van der Waals surface area contributed by atoms with Crippen molar-refractivity contribution in [3.63, 3.8) is 0 Å². The number of halogens is 1. The van der Waals surface area contributed by atoms with Gasteiger partial charge in [0.2, 0.25) is 0 Å². The summed E-state index contributed by atoms with van der Waals surface area (Å²) in [4.78, 5) is 14.9. The average molecular weight is 284 g/mol. The van der Waals surface area contributed by atoms with Crippen LogP contribution in [0, 0.1) is 0 Å². The molecule has 4 nitrogen and oxygen atoms in total. The summed E-state index contributed by atoms with van der Waals surface area (Å²) in [5, 5.41) is 0.556. The molecule has 0 radical (unpaired) electrons. The van der Waals surface area contributed by atoms with Crippen molar-refractivity contribution in [2.45, 2.75) is 6.61 Å². The molecule has 0 N–H and O–H groups in total. The minimum Gasteiger partial charge on any atom is -0.497 e. The van der Waals surface area contributed by atoms with Crippen LogP contribution in [-0.4, -0.2) is 18.4 Å². The first-order valence-corrected chi connectivity index (χ1v) is 6.29. The highest BCUT2D eigenvalue weighted by atomic mass is 35.5. The van der Waals surface area contributed by atoms with Gasteiger partial charge in [-0.3, -0.25) is 4.79 Å². The van der Waals surface area contributed by atoms with E-state index in [4.69, 9.17) is 21.1 Å². The lowest BCUT2D eigenvalue weighted by Gasteiger charge is -2.04. The third-order valence-electron chi connectivity index (χ3n) is 2.19. The molecule has 0 amide bonds. The number of aldehydes is 1. The number of carbonyl (C=O) groups excluding carboxylic acids is 1. The van der Waals surface area contributed by atoms with Gasteiger partial charge in [0.25, 0.3) is 5.19 Å². The number of rotatable bonds is 5. The van der Waals surface area contributed by atoms with E-state index in [0.717, 1.165) is 22.6 Å². The smallest absolute Gasteiger partial charge is 0.275 e. The van der Waals surface area contributed by atoms with Crippen LogP contribution in [-0.2, 0) is 6.61 Å². The van der Waals surface area contributed by atoms with Gasteiger partial charge in [-0.1, -0.05) is 35.1 Å². The summed E-state index contributed by atoms with van der Waals surface area (Å²) in [7, 11) is 1.61. The largest absolute Gasteiger partial charge is 0.497 e. The monoisotopic (exact) mass is 283 g/mol. The molecule has 2 rings (SSSR count). The number of thiazole rings is 1. The van der Waals surface area contributed by atoms with E-state index >= 15 is 0 Å². The van der Waals surface area contributed by atoms with E-state index in [1.165, 1.54) is 0 Å². The lowest BCUT2D eigenvalue weighted by Crippen LogP contribution is -1.95. The lowest BCUT2D eigenvalue weighted by atomic mass is 10.2. The van der Waals surface area contributed by atoms with Crippen molar-refractivity contribution in [3.05, 3.63) is 39.9 Å². The zero-order valence-electron chi connectivity index (χ0n) is 9.55. The summed E-state index contributed by atoms with van der Waals surface area (Å²) in [6, 6.07) is 7.52. The highest BCUT2D eigenvalue weighted by molar-refractivity contribution is 7.15. The molecule has 2 aromatic rings. The number of nitrogens with zero attached hydrogens (tertiary/aromatic N) is 1. The maximum absolute atomic E-state index is 10.6. The molecule has 6 heteroatoms. The number of methoxy groups -OCH3 is 1. The first-order valence-electron chi connectivity index (χ1n) is 5.10. The zero-order valence-corrected chi connectivity index (χ0v) is 11.1. The molecule has 0 unspecified atom stereocenters. The fourth-order valence-corrected chi connectivity index (χ4v) is 2.24. The molecule has 0 saturated carbocycles. The fourth-order valence-electron chi connectivity index (χ4n) is 1.34. The Morgan fingerprint density at radius 2 is 2.33 bits per heavy atom. The van der Waals surface area contributed by atoms with Crippen LogP contribution in [0.4, 0.5) is 0 Å². The zero-order chi connectivity index (χ0) is 13.0.